The van der Waals surface area contributed by atoms with Gasteiger partial charge < -0.3 is 0 Å². The SMILES string of the molecule is Cn1c(-c2cccc(Cl)c2)nn(CC#CI)c1=O. The molecule has 0 unspecified atom stereocenters. The van der Waals surface area contributed by atoms with Crippen molar-refractivity contribution < 1.29 is 0 Å². The van der Waals surface area contributed by atoms with E-state index in [2.05, 4.69) is 14.9 Å². The van der Waals surface area contributed by atoms with Crippen LogP contribution in [-0.2, 0) is 13.6 Å². The largest absolute Gasteiger partial charge is 0.346 e. The van der Waals surface area contributed by atoms with Crippen LogP contribution in [0.4, 0.5) is 0 Å². The van der Waals surface area contributed by atoms with Gasteiger partial charge in [-0.3, -0.25) is 4.57 Å². The van der Waals surface area contributed by atoms with Crippen molar-refractivity contribution in [2.75, 3.05) is 0 Å². The zero-order valence-corrected chi connectivity index (χ0v) is 12.4. The summed E-state index contributed by atoms with van der Waals surface area (Å²) in [4.78, 5) is 11.9. The molecule has 1 aromatic carbocycles. The first-order valence-electron chi connectivity index (χ1n) is 5.11. The Morgan fingerprint density at radius 2 is 2.28 bits per heavy atom. The highest BCUT2D eigenvalue weighted by Gasteiger charge is 2.11. The van der Waals surface area contributed by atoms with Crippen LogP contribution in [0.3, 0.4) is 0 Å². The molecule has 2 rings (SSSR count). The van der Waals surface area contributed by atoms with Crippen molar-refractivity contribution in [2.45, 2.75) is 6.54 Å². The Hall–Kier alpha value is -1.26. The van der Waals surface area contributed by atoms with E-state index in [0.29, 0.717) is 10.8 Å². The quantitative estimate of drug-likeness (QED) is 0.599. The smallest absolute Gasteiger partial charge is 0.278 e. The number of hydrogen-bond acceptors (Lipinski definition) is 2. The van der Waals surface area contributed by atoms with Crippen LogP contribution >= 0.6 is 34.2 Å². The van der Waals surface area contributed by atoms with E-state index < -0.39 is 0 Å². The molecule has 1 heterocycles. The number of aromatic nitrogens is 3. The number of benzene rings is 1. The second kappa shape index (κ2) is 5.59. The molecule has 6 heteroatoms. The van der Waals surface area contributed by atoms with E-state index in [0.717, 1.165) is 5.56 Å². The molecule has 0 saturated carbocycles. The maximum atomic E-state index is 11.9. The van der Waals surface area contributed by atoms with Gasteiger partial charge in [-0.15, -0.1) is 5.10 Å². The van der Waals surface area contributed by atoms with Crippen molar-refractivity contribution in [1.29, 1.82) is 0 Å². The predicted molar refractivity (Wildman–Crippen MR) is 79.7 cm³/mol. The second-order valence-electron chi connectivity index (χ2n) is 3.60. The molecule has 0 N–H and O–H groups in total. The Kier molecular flexibility index (Phi) is 4.09. The van der Waals surface area contributed by atoms with Crippen molar-refractivity contribution in [1.82, 2.24) is 14.3 Å². The lowest BCUT2D eigenvalue weighted by Gasteiger charge is -1.99. The maximum absolute atomic E-state index is 11.9. The lowest BCUT2D eigenvalue weighted by molar-refractivity contribution is 0.671. The highest BCUT2D eigenvalue weighted by atomic mass is 127. The van der Waals surface area contributed by atoms with Crippen LogP contribution in [0, 0.1) is 9.85 Å². The normalized spacial score (nSPS) is 9.94. The van der Waals surface area contributed by atoms with Crippen LogP contribution in [-0.4, -0.2) is 14.3 Å². The van der Waals surface area contributed by atoms with Crippen LogP contribution in [0.5, 0.6) is 0 Å². The summed E-state index contributed by atoms with van der Waals surface area (Å²) in [6.07, 6.45) is 0. The minimum atomic E-state index is -0.191. The maximum Gasteiger partial charge on any atom is 0.346 e. The van der Waals surface area contributed by atoms with E-state index in [-0.39, 0.29) is 12.2 Å². The van der Waals surface area contributed by atoms with Gasteiger partial charge in [0, 0.05) is 40.2 Å². The molecule has 2 aromatic rings. The fourth-order valence-corrected chi connectivity index (χ4v) is 1.94. The zero-order chi connectivity index (χ0) is 13.1. The van der Waals surface area contributed by atoms with Crippen LogP contribution in [0.2, 0.25) is 5.02 Å². The van der Waals surface area contributed by atoms with E-state index in [1.165, 1.54) is 9.25 Å². The van der Waals surface area contributed by atoms with Gasteiger partial charge in [0.05, 0.1) is 0 Å². The molecule has 0 fully saturated rings. The minimum absolute atomic E-state index is 0.191. The van der Waals surface area contributed by atoms with E-state index >= 15 is 0 Å². The molecule has 1 aromatic heterocycles. The van der Waals surface area contributed by atoms with Crippen LogP contribution < -0.4 is 5.69 Å². The molecule has 0 radical (unpaired) electrons. The third kappa shape index (κ3) is 2.60. The minimum Gasteiger partial charge on any atom is -0.278 e. The lowest BCUT2D eigenvalue weighted by atomic mass is 10.2. The van der Waals surface area contributed by atoms with Gasteiger partial charge in [-0.05, 0) is 16.1 Å². The molecule has 4 nitrogen and oxygen atoms in total. The number of hydrogen-bond donors (Lipinski definition) is 0. The molecule has 0 amide bonds. The summed E-state index contributed by atoms with van der Waals surface area (Å²) in [7, 11) is 1.68. The Morgan fingerprint density at radius 1 is 1.50 bits per heavy atom. The molecule has 18 heavy (non-hydrogen) atoms. The predicted octanol–water partition coefficient (Wildman–Crippen LogP) is 2.30. The summed E-state index contributed by atoms with van der Waals surface area (Å²) in [6, 6.07) is 7.24. The van der Waals surface area contributed by atoms with Gasteiger partial charge in [-0.2, -0.15) is 0 Å². The standard InChI is InChI=1S/C12H9ClIN3O/c1-16-11(9-4-2-5-10(13)8-9)15-17(12(16)18)7-3-6-14/h2,4-5,8H,7H2,1H3. The van der Waals surface area contributed by atoms with Crippen LogP contribution in [0.15, 0.2) is 29.1 Å². The molecule has 0 aliphatic rings. The number of rotatable bonds is 2. The van der Waals surface area contributed by atoms with Gasteiger partial charge in [0.15, 0.2) is 5.82 Å². The second-order valence-corrected chi connectivity index (χ2v) is 4.58. The average molecular weight is 374 g/mol. The molecular formula is C12H9ClIN3O. The molecule has 92 valence electrons. The summed E-state index contributed by atoms with van der Waals surface area (Å²) >= 11 is 7.86. The van der Waals surface area contributed by atoms with Gasteiger partial charge >= 0.3 is 5.69 Å². The first kappa shape index (κ1) is 13.2. The summed E-state index contributed by atoms with van der Waals surface area (Å²) in [5.74, 6) is 3.39. The third-order valence-electron chi connectivity index (χ3n) is 2.42. The molecular weight excluding hydrogens is 365 g/mol. The zero-order valence-electron chi connectivity index (χ0n) is 9.52. The summed E-state index contributed by atoms with van der Waals surface area (Å²) in [5, 5.41) is 4.87. The molecule has 0 atom stereocenters. The van der Waals surface area contributed by atoms with Gasteiger partial charge in [-0.1, -0.05) is 29.7 Å². The monoisotopic (exact) mass is 373 g/mol. The van der Waals surface area contributed by atoms with Crippen LogP contribution in [0.25, 0.3) is 11.4 Å². The van der Waals surface area contributed by atoms with E-state index in [4.69, 9.17) is 11.6 Å². The fourth-order valence-electron chi connectivity index (χ4n) is 1.57. The van der Waals surface area contributed by atoms with Crippen molar-refractivity contribution in [3.8, 4) is 21.2 Å². The van der Waals surface area contributed by atoms with Crippen LogP contribution in [0.1, 0.15) is 0 Å². The topological polar surface area (TPSA) is 39.8 Å². The van der Waals surface area contributed by atoms with Gasteiger partial charge in [-0.25, -0.2) is 9.48 Å². The highest BCUT2D eigenvalue weighted by molar-refractivity contribution is 14.1. The van der Waals surface area contributed by atoms with Crippen molar-refractivity contribution in [3.05, 3.63) is 39.8 Å². The lowest BCUT2D eigenvalue weighted by Crippen LogP contribution is -2.22. The number of nitrogens with zero attached hydrogens (tertiary/aromatic N) is 3. The average Bonchev–Trinajstić information content (AvgIpc) is 2.64. The Labute approximate surface area is 123 Å². The van der Waals surface area contributed by atoms with E-state index in [1.54, 1.807) is 19.2 Å². The van der Waals surface area contributed by atoms with E-state index in [1.807, 2.05) is 34.7 Å². The fraction of sp³-hybridized carbons (Fsp3) is 0.167. The summed E-state index contributed by atoms with van der Waals surface area (Å²) in [5.41, 5.74) is 0.618. The molecule has 0 bridgehead atoms. The number of halogens is 2. The summed E-state index contributed by atoms with van der Waals surface area (Å²) in [6.45, 7) is 0.288. The Balaban J connectivity index is 2.51. The third-order valence-corrected chi connectivity index (χ3v) is 3.04. The first-order valence-corrected chi connectivity index (χ1v) is 6.57. The van der Waals surface area contributed by atoms with Gasteiger partial charge in [0.25, 0.3) is 0 Å². The molecule has 0 spiro atoms. The molecule has 0 saturated heterocycles. The molecule has 0 aliphatic heterocycles. The first-order chi connectivity index (χ1) is 8.63. The van der Waals surface area contributed by atoms with E-state index in [9.17, 15) is 4.79 Å². The van der Waals surface area contributed by atoms with Crippen molar-refractivity contribution in [3.63, 3.8) is 0 Å². The van der Waals surface area contributed by atoms with Crippen molar-refractivity contribution in [2.24, 2.45) is 7.05 Å². The van der Waals surface area contributed by atoms with Crippen molar-refractivity contribution >= 4 is 34.2 Å². The van der Waals surface area contributed by atoms with Gasteiger partial charge in [0.2, 0.25) is 0 Å². The summed E-state index contributed by atoms with van der Waals surface area (Å²) < 4.78 is 5.53. The van der Waals surface area contributed by atoms with Gasteiger partial charge in [0.1, 0.15) is 6.54 Å². The molecule has 0 aliphatic carbocycles. The Bertz CT molecular complexity index is 693. The highest BCUT2D eigenvalue weighted by Crippen LogP contribution is 2.19. The Morgan fingerprint density at radius 3 is 2.94 bits per heavy atom.